The minimum Gasteiger partial charge on any atom is -0.378 e. The van der Waals surface area contributed by atoms with Crippen LogP contribution in [0.4, 0.5) is 0 Å². The molecule has 0 aromatic carbocycles. The maximum atomic E-state index is 12.0. The summed E-state index contributed by atoms with van der Waals surface area (Å²) >= 11 is 0. The van der Waals surface area contributed by atoms with Crippen molar-refractivity contribution in [3.05, 3.63) is 0 Å². The average molecular weight is 348 g/mol. The van der Waals surface area contributed by atoms with E-state index in [2.05, 4.69) is 29.5 Å². The van der Waals surface area contributed by atoms with Crippen LogP contribution in [0.2, 0.25) is 0 Å². The largest absolute Gasteiger partial charge is 0.378 e. The van der Waals surface area contributed by atoms with E-state index in [0.29, 0.717) is 18.2 Å². The molecule has 0 aliphatic rings. The van der Waals surface area contributed by atoms with Crippen molar-refractivity contribution in [2.75, 3.05) is 32.0 Å². The Morgan fingerprint density at radius 3 is 2.35 bits per heavy atom. The molecule has 0 saturated heterocycles. The molecule has 0 amide bonds. The smallest absolute Gasteiger partial charge is 0.191 e. The zero-order valence-corrected chi connectivity index (χ0v) is 16.9. The lowest BCUT2D eigenvalue weighted by Crippen LogP contribution is -2.40. The molecule has 0 aromatic rings. The van der Waals surface area contributed by atoms with E-state index in [4.69, 9.17) is 4.74 Å². The molecule has 0 rings (SSSR count). The minimum absolute atomic E-state index is 0.168. The molecule has 6 heteroatoms. The molecular weight excluding hydrogens is 310 g/mol. The summed E-state index contributed by atoms with van der Waals surface area (Å²) in [6.07, 6.45) is 1.16. The van der Waals surface area contributed by atoms with Crippen molar-refractivity contribution >= 4 is 16.8 Å². The van der Waals surface area contributed by atoms with Gasteiger partial charge in [-0.05, 0) is 47.0 Å². The Labute approximate surface area is 145 Å². The van der Waals surface area contributed by atoms with Gasteiger partial charge < -0.3 is 15.4 Å². The van der Waals surface area contributed by atoms with Gasteiger partial charge >= 0.3 is 0 Å². The van der Waals surface area contributed by atoms with Gasteiger partial charge in [0, 0.05) is 47.5 Å². The molecule has 23 heavy (non-hydrogen) atoms. The lowest BCUT2D eigenvalue weighted by molar-refractivity contribution is 0.0266. The first-order valence-electron chi connectivity index (χ1n) is 8.74. The Morgan fingerprint density at radius 1 is 1.22 bits per heavy atom. The first-order valence-corrected chi connectivity index (χ1v) is 10.1. The van der Waals surface area contributed by atoms with Gasteiger partial charge in [0.25, 0.3) is 0 Å². The third-order valence-electron chi connectivity index (χ3n) is 3.41. The van der Waals surface area contributed by atoms with Crippen LogP contribution in [0.5, 0.6) is 0 Å². The van der Waals surface area contributed by atoms with Crippen LogP contribution in [0.25, 0.3) is 0 Å². The van der Waals surface area contributed by atoms with E-state index in [1.165, 1.54) is 0 Å². The van der Waals surface area contributed by atoms with E-state index in [1.54, 1.807) is 0 Å². The van der Waals surface area contributed by atoms with Gasteiger partial charge in [-0.1, -0.05) is 13.8 Å². The molecule has 138 valence electrons. The first-order chi connectivity index (χ1) is 10.7. The second-order valence-corrected chi connectivity index (χ2v) is 9.20. The van der Waals surface area contributed by atoms with Crippen molar-refractivity contribution in [1.29, 1.82) is 0 Å². The molecular formula is C17H37N3O2S. The monoisotopic (exact) mass is 347 g/mol. The average Bonchev–Trinajstić information content (AvgIpc) is 2.44. The second kappa shape index (κ2) is 11.8. The lowest BCUT2D eigenvalue weighted by Gasteiger charge is -2.20. The number of hydrogen-bond donors (Lipinski definition) is 2. The number of nitrogens with zero attached hydrogens (tertiary/aromatic N) is 1. The Balaban J connectivity index is 4.35. The molecule has 2 atom stereocenters. The van der Waals surface area contributed by atoms with Crippen molar-refractivity contribution in [3.63, 3.8) is 0 Å². The molecule has 0 saturated carbocycles. The number of rotatable bonds is 10. The Hall–Kier alpha value is -0.620. The summed E-state index contributed by atoms with van der Waals surface area (Å²) in [6, 6.07) is 0. The fraction of sp³-hybridized carbons (Fsp3) is 0.941. The second-order valence-electron chi connectivity index (χ2n) is 6.88. The van der Waals surface area contributed by atoms with Gasteiger partial charge in [0.05, 0.1) is 6.10 Å². The summed E-state index contributed by atoms with van der Waals surface area (Å²) in [7, 11) is -0.845. The number of hydrogen-bond acceptors (Lipinski definition) is 3. The Bertz CT molecular complexity index is 365. The van der Waals surface area contributed by atoms with E-state index in [9.17, 15) is 4.21 Å². The van der Waals surface area contributed by atoms with Crippen molar-refractivity contribution in [2.45, 2.75) is 65.7 Å². The van der Waals surface area contributed by atoms with Crippen molar-refractivity contribution in [3.8, 4) is 0 Å². The van der Waals surface area contributed by atoms with Crippen LogP contribution in [0, 0.1) is 5.92 Å². The maximum Gasteiger partial charge on any atom is 0.191 e. The predicted molar refractivity (Wildman–Crippen MR) is 102 cm³/mol. The van der Waals surface area contributed by atoms with Crippen LogP contribution in [0.15, 0.2) is 4.99 Å². The topological polar surface area (TPSA) is 62.7 Å². The molecule has 0 fully saturated rings. The van der Waals surface area contributed by atoms with Crippen LogP contribution in [-0.4, -0.2) is 53.0 Å². The zero-order chi connectivity index (χ0) is 17.9. The minimum atomic E-state index is -0.845. The molecule has 0 radical (unpaired) electrons. The fourth-order valence-electron chi connectivity index (χ4n) is 2.04. The molecule has 2 unspecified atom stereocenters. The van der Waals surface area contributed by atoms with E-state index in [1.807, 2.05) is 34.6 Å². The quantitative estimate of drug-likeness (QED) is 0.471. The summed E-state index contributed by atoms with van der Waals surface area (Å²) in [5.41, 5.74) is 0. The summed E-state index contributed by atoms with van der Waals surface area (Å²) < 4.78 is 17.6. The zero-order valence-electron chi connectivity index (χ0n) is 16.1. The third-order valence-corrected chi connectivity index (χ3v) is 5.36. The summed E-state index contributed by atoms with van der Waals surface area (Å²) in [5, 5.41) is 6.49. The molecule has 0 aliphatic carbocycles. The van der Waals surface area contributed by atoms with Crippen LogP contribution in [0.3, 0.4) is 0 Å². The van der Waals surface area contributed by atoms with Gasteiger partial charge in [-0.2, -0.15) is 0 Å². The van der Waals surface area contributed by atoms with Gasteiger partial charge in [-0.15, -0.1) is 0 Å². The van der Waals surface area contributed by atoms with E-state index in [-0.39, 0.29) is 10.9 Å². The van der Waals surface area contributed by atoms with Crippen LogP contribution in [-0.2, 0) is 15.5 Å². The lowest BCUT2D eigenvalue weighted by atomic mass is 10.0. The number of guanidine groups is 1. The predicted octanol–water partition coefficient (Wildman–Crippen LogP) is 2.54. The van der Waals surface area contributed by atoms with Gasteiger partial charge in [-0.25, -0.2) is 0 Å². The first kappa shape index (κ1) is 22.4. The third kappa shape index (κ3) is 10.7. The highest BCUT2D eigenvalue weighted by Crippen LogP contribution is 2.11. The summed E-state index contributed by atoms with van der Waals surface area (Å²) in [4.78, 5) is 4.59. The standard InChI is InChI=1S/C17H37N3O2S/c1-8-18-16(20-12-13-23(21)17(5,6)7)19-11-10-15(14(3)4)22-9-2/h14-15H,8-13H2,1-7H3,(H2,18,19,20). The van der Waals surface area contributed by atoms with E-state index < -0.39 is 10.8 Å². The van der Waals surface area contributed by atoms with Gasteiger partial charge in [0.2, 0.25) is 0 Å². The van der Waals surface area contributed by atoms with Crippen molar-refractivity contribution in [1.82, 2.24) is 10.6 Å². The van der Waals surface area contributed by atoms with E-state index in [0.717, 1.165) is 32.1 Å². The molecule has 0 bridgehead atoms. The van der Waals surface area contributed by atoms with Crippen LogP contribution >= 0.6 is 0 Å². The van der Waals surface area contributed by atoms with Gasteiger partial charge in [0.15, 0.2) is 5.96 Å². The molecule has 2 N–H and O–H groups in total. The van der Waals surface area contributed by atoms with Crippen molar-refractivity contribution in [2.24, 2.45) is 10.9 Å². The molecule has 0 heterocycles. The maximum absolute atomic E-state index is 12.0. The normalized spacial score (nSPS) is 15.6. The highest BCUT2D eigenvalue weighted by Gasteiger charge is 2.18. The van der Waals surface area contributed by atoms with Crippen LogP contribution < -0.4 is 10.6 Å². The van der Waals surface area contributed by atoms with E-state index >= 15 is 0 Å². The van der Waals surface area contributed by atoms with Crippen LogP contribution in [0.1, 0.15) is 54.9 Å². The Kier molecular flexibility index (Phi) is 11.5. The summed E-state index contributed by atoms with van der Waals surface area (Å²) in [5.74, 6) is 1.91. The molecule has 0 spiro atoms. The fourth-order valence-corrected chi connectivity index (χ4v) is 2.94. The highest BCUT2D eigenvalue weighted by atomic mass is 32.2. The highest BCUT2D eigenvalue weighted by molar-refractivity contribution is 7.86. The van der Waals surface area contributed by atoms with Gasteiger partial charge in [-0.3, -0.25) is 9.20 Å². The Morgan fingerprint density at radius 2 is 1.87 bits per heavy atom. The number of nitrogens with one attached hydrogen (secondary N) is 2. The number of aliphatic imine (C=N–C) groups is 1. The molecule has 0 aromatic heterocycles. The number of ether oxygens (including phenoxy) is 1. The summed E-state index contributed by atoms with van der Waals surface area (Å²) in [6.45, 7) is 17.4. The molecule has 0 aliphatic heterocycles. The SMILES string of the molecule is CCNC(=NCCC(OCC)C(C)C)NCCS(=O)C(C)(C)C. The van der Waals surface area contributed by atoms with Gasteiger partial charge in [0.1, 0.15) is 0 Å². The molecule has 5 nitrogen and oxygen atoms in total. The van der Waals surface area contributed by atoms with Crippen molar-refractivity contribution < 1.29 is 8.95 Å².